The van der Waals surface area contributed by atoms with Crippen LogP contribution in [0.5, 0.6) is 0 Å². The van der Waals surface area contributed by atoms with Crippen LogP contribution in [0.25, 0.3) is 0 Å². The number of halogens is 3. The molecule has 0 bridgehead atoms. The molecule has 1 aromatic carbocycles. The summed E-state index contributed by atoms with van der Waals surface area (Å²) in [4.78, 5) is 23.6. The number of aromatic nitrogens is 1. The number of hydrogen-bond acceptors (Lipinski definition) is 5. The molecule has 186 valence electrons. The van der Waals surface area contributed by atoms with Gasteiger partial charge in [-0.25, -0.2) is 9.37 Å². The predicted molar refractivity (Wildman–Crippen MR) is 137 cm³/mol. The van der Waals surface area contributed by atoms with Gasteiger partial charge in [-0.15, -0.1) is 0 Å². The Kier molecular flexibility index (Phi) is 8.30. The molecule has 0 unspecified atom stereocenters. The van der Waals surface area contributed by atoms with Gasteiger partial charge in [0.25, 0.3) is 5.91 Å². The van der Waals surface area contributed by atoms with E-state index in [0.717, 1.165) is 57.8 Å². The smallest absolute Gasteiger partial charge is 0.252 e. The van der Waals surface area contributed by atoms with Crippen LogP contribution in [0.3, 0.4) is 0 Å². The molecule has 0 radical (unpaired) electrons. The summed E-state index contributed by atoms with van der Waals surface area (Å²) >= 11 is 12.4. The molecule has 1 aromatic heterocycles. The lowest BCUT2D eigenvalue weighted by Crippen LogP contribution is -2.58. The fourth-order valence-electron chi connectivity index (χ4n) is 5.14. The van der Waals surface area contributed by atoms with Gasteiger partial charge in [0.1, 0.15) is 11.6 Å². The SMILES string of the molecule is CC[C@H]1CN(c2ncc(C(=O)NC)cc2Cl)CCN1C1CCN(Cc2ccc(Cl)cc2F)CC1.[HH]. The summed E-state index contributed by atoms with van der Waals surface area (Å²) in [6.07, 6.45) is 4.78. The molecular weight excluding hydrogens is 476 g/mol. The number of rotatable bonds is 6. The zero-order valence-corrected chi connectivity index (χ0v) is 21.2. The number of carbonyl (C=O) groups is 1. The first-order valence-corrected chi connectivity index (χ1v) is 12.7. The van der Waals surface area contributed by atoms with Gasteiger partial charge >= 0.3 is 0 Å². The number of nitrogens with one attached hydrogen (secondary N) is 1. The Morgan fingerprint density at radius 3 is 2.62 bits per heavy atom. The average Bonchev–Trinajstić information content (AvgIpc) is 2.85. The topological polar surface area (TPSA) is 51.7 Å². The Morgan fingerprint density at radius 2 is 1.97 bits per heavy atom. The van der Waals surface area contributed by atoms with Crippen molar-refractivity contribution in [2.45, 2.75) is 44.8 Å². The van der Waals surface area contributed by atoms with E-state index in [1.54, 1.807) is 31.4 Å². The van der Waals surface area contributed by atoms with Gasteiger partial charge in [-0.1, -0.05) is 36.2 Å². The molecule has 2 aliphatic heterocycles. The fraction of sp³-hybridized carbons (Fsp3) is 0.520. The molecule has 0 spiro atoms. The largest absolute Gasteiger partial charge is 0.355 e. The minimum Gasteiger partial charge on any atom is -0.355 e. The van der Waals surface area contributed by atoms with E-state index in [1.807, 2.05) is 0 Å². The summed E-state index contributed by atoms with van der Waals surface area (Å²) in [5.41, 5.74) is 1.17. The molecule has 2 saturated heterocycles. The van der Waals surface area contributed by atoms with Crippen molar-refractivity contribution < 1.29 is 10.6 Å². The van der Waals surface area contributed by atoms with Crippen LogP contribution in [0.4, 0.5) is 10.2 Å². The molecule has 2 aliphatic rings. The number of amides is 1. The molecule has 2 fully saturated rings. The molecule has 1 N–H and O–H groups in total. The lowest BCUT2D eigenvalue weighted by Gasteiger charge is -2.47. The second kappa shape index (κ2) is 11.2. The van der Waals surface area contributed by atoms with Gasteiger partial charge < -0.3 is 10.2 Å². The van der Waals surface area contributed by atoms with Crippen molar-refractivity contribution in [1.82, 2.24) is 20.1 Å². The summed E-state index contributed by atoms with van der Waals surface area (Å²) in [6.45, 7) is 7.41. The van der Waals surface area contributed by atoms with E-state index < -0.39 is 0 Å². The highest BCUT2D eigenvalue weighted by Gasteiger charge is 2.34. The zero-order chi connectivity index (χ0) is 24.2. The van der Waals surface area contributed by atoms with Crippen LogP contribution in [0, 0.1) is 5.82 Å². The van der Waals surface area contributed by atoms with Crippen LogP contribution in [-0.4, -0.2) is 72.5 Å². The van der Waals surface area contributed by atoms with E-state index in [9.17, 15) is 9.18 Å². The lowest BCUT2D eigenvalue weighted by atomic mass is 9.97. The summed E-state index contributed by atoms with van der Waals surface area (Å²) in [7, 11) is 1.59. The Bertz CT molecular complexity index is 1020. The van der Waals surface area contributed by atoms with Gasteiger partial charge in [0, 0.05) is 63.5 Å². The molecule has 4 rings (SSSR count). The predicted octanol–water partition coefficient (Wildman–Crippen LogP) is 4.70. The molecule has 6 nitrogen and oxygen atoms in total. The number of likely N-dealkylation sites (tertiary alicyclic amines) is 1. The molecule has 1 amide bonds. The Labute approximate surface area is 212 Å². The van der Waals surface area contributed by atoms with E-state index in [0.29, 0.717) is 39.8 Å². The lowest BCUT2D eigenvalue weighted by molar-refractivity contribution is 0.0607. The second-order valence-electron chi connectivity index (χ2n) is 9.10. The van der Waals surface area contributed by atoms with Crippen molar-refractivity contribution in [1.29, 1.82) is 0 Å². The summed E-state index contributed by atoms with van der Waals surface area (Å²) < 4.78 is 14.2. The maximum absolute atomic E-state index is 14.2. The monoisotopic (exact) mass is 509 g/mol. The second-order valence-corrected chi connectivity index (χ2v) is 9.94. The number of carbonyl (C=O) groups excluding carboxylic acids is 1. The summed E-state index contributed by atoms with van der Waals surface area (Å²) in [5.74, 6) is 0.321. The number of piperazine rings is 1. The number of nitrogens with zero attached hydrogens (tertiary/aromatic N) is 4. The van der Waals surface area contributed by atoms with Crippen LogP contribution >= 0.6 is 23.2 Å². The first-order chi connectivity index (χ1) is 16.4. The highest BCUT2D eigenvalue weighted by molar-refractivity contribution is 6.33. The zero-order valence-electron chi connectivity index (χ0n) is 19.7. The number of hydrogen-bond donors (Lipinski definition) is 1. The molecule has 34 heavy (non-hydrogen) atoms. The van der Waals surface area contributed by atoms with E-state index >= 15 is 0 Å². The maximum atomic E-state index is 14.2. The molecular formula is C25H34Cl2FN5O. The highest BCUT2D eigenvalue weighted by Crippen LogP contribution is 2.30. The van der Waals surface area contributed by atoms with Crippen molar-refractivity contribution in [2.75, 3.05) is 44.7 Å². The Hall–Kier alpha value is -1.93. The van der Waals surface area contributed by atoms with Crippen LogP contribution in [0.1, 0.15) is 43.5 Å². The van der Waals surface area contributed by atoms with Crippen molar-refractivity contribution in [3.8, 4) is 0 Å². The standard InChI is InChI=1S/C25H32Cl2FN5O.H2/c1-3-20-16-32(24-22(27)12-18(14-30-24)25(34)29-2)10-11-33(20)21-6-8-31(9-7-21)15-17-4-5-19(26)13-23(17)28;/h4-5,12-14,20-21H,3,6-11,15-16H2,1-2H3,(H,29,34);1H/t20-;/m0./s1. The average molecular weight is 510 g/mol. The molecule has 9 heteroatoms. The van der Waals surface area contributed by atoms with E-state index in [-0.39, 0.29) is 13.2 Å². The van der Waals surface area contributed by atoms with Gasteiger partial charge in [-0.05, 0) is 50.6 Å². The normalized spacial score (nSPS) is 20.5. The molecule has 0 aliphatic carbocycles. The fourth-order valence-corrected chi connectivity index (χ4v) is 5.58. The first kappa shape index (κ1) is 25.2. The number of anilines is 1. The third-order valence-corrected chi connectivity index (χ3v) is 7.56. The van der Waals surface area contributed by atoms with Crippen molar-refractivity contribution in [3.05, 3.63) is 57.5 Å². The van der Waals surface area contributed by atoms with E-state index in [4.69, 9.17) is 23.2 Å². The summed E-state index contributed by atoms with van der Waals surface area (Å²) in [6, 6.07) is 7.56. The molecule has 1 atom stereocenters. The van der Waals surface area contributed by atoms with Crippen LogP contribution in [-0.2, 0) is 6.54 Å². The van der Waals surface area contributed by atoms with Gasteiger partial charge in [0.05, 0.1) is 10.6 Å². The minimum atomic E-state index is -0.229. The van der Waals surface area contributed by atoms with Gasteiger partial charge in [0.15, 0.2) is 0 Å². The summed E-state index contributed by atoms with van der Waals surface area (Å²) in [5, 5.41) is 3.54. The van der Waals surface area contributed by atoms with E-state index in [1.165, 1.54) is 6.07 Å². The third-order valence-electron chi connectivity index (χ3n) is 7.05. The number of pyridine rings is 1. The van der Waals surface area contributed by atoms with Gasteiger partial charge in [0.2, 0.25) is 0 Å². The van der Waals surface area contributed by atoms with E-state index in [2.05, 4.69) is 31.9 Å². The number of piperidine rings is 1. The Morgan fingerprint density at radius 1 is 1.21 bits per heavy atom. The maximum Gasteiger partial charge on any atom is 0.252 e. The van der Waals surface area contributed by atoms with Crippen LogP contribution in [0.15, 0.2) is 30.5 Å². The Balaban J connectivity index is 0.00000342. The van der Waals surface area contributed by atoms with Crippen LogP contribution < -0.4 is 10.2 Å². The van der Waals surface area contributed by atoms with Gasteiger partial charge in [-0.3, -0.25) is 14.6 Å². The van der Waals surface area contributed by atoms with Gasteiger partial charge in [-0.2, -0.15) is 0 Å². The molecule has 2 aromatic rings. The molecule has 0 saturated carbocycles. The highest BCUT2D eigenvalue weighted by atomic mass is 35.5. The van der Waals surface area contributed by atoms with Crippen molar-refractivity contribution >= 4 is 34.9 Å². The number of benzene rings is 1. The van der Waals surface area contributed by atoms with Crippen molar-refractivity contribution in [2.24, 2.45) is 0 Å². The quantitative estimate of drug-likeness (QED) is 0.611. The minimum absolute atomic E-state index is 0. The first-order valence-electron chi connectivity index (χ1n) is 11.9. The molecule has 3 heterocycles. The third kappa shape index (κ3) is 5.65. The van der Waals surface area contributed by atoms with Crippen molar-refractivity contribution in [3.63, 3.8) is 0 Å². The van der Waals surface area contributed by atoms with Crippen LogP contribution in [0.2, 0.25) is 10.0 Å².